The van der Waals surface area contributed by atoms with Gasteiger partial charge in [0.25, 0.3) is 0 Å². The van der Waals surface area contributed by atoms with E-state index in [-0.39, 0.29) is 11.5 Å². The lowest BCUT2D eigenvalue weighted by atomic mass is 10.00. The van der Waals surface area contributed by atoms with Crippen LogP contribution in [0.25, 0.3) is 22.9 Å². The van der Waals surface area contributed by atoms with Gasteiger partial charge < -0.3 is 10.2 Å². The molecule has 0 atom stereocenters. The molecule has 3 rings (SSSR count). The number of nitrogens with zero attached hydrogens (tertiary/aromatic N) is 3. The Balaban J connectivity index is 2.04. The molecular weight excluding hydrogens is 434 g/mol. The third kappa shape index (κ3) is 6.29. The van der Waals surface area contributed by atoms with Gasteiger partial charge >= 0.3 is 0 Å². The molecule has 0 saturated heterocycles. The smallest absolute Gasteiger partial charge is 0.120 e. The number of nitriles is 2. The maximum absolute atomic E-state index is 10.7. The van der Waals surface area contributed by atoms with E-state index in [9.17, 15) is 20.7 Å². The summed E-state index contributed by atoms with van der Waals surface area (Å²) in [4.78, 5) is 2.19. The van der Waals surface area contributed by atoms with Gasteiger partial charge in [-0.15, -0.1) is 0 Å². The predicted molar refractivity (Wildman–Crippen MR) is 141 cm³/mol. The number of fused-ring (bicyclic) bond motifs is 1. The molecule has 0 heterocycles. The number of hydrogen-bond donors (Lipinski definition) is 2. The Morgan fingerprint density at radius 2 is 1.69 bits per heavy atom. The molecule has 0 spiro atoms. The summed E-state index contributed by atoms with van der Waals surface area (Å²) in [7, 11) is 0. The molecule has 0 amide bonds. The Labute approximate surface area is 206 Å². The Morgan fingerprint density at radius 3 is 2.34 bits per heavy atom. The lowest BCUT2D eigenvalue weighted by Gasteiger charge is -2.25. The number of benzene rings is 3. The van der Waals surface area contributed by atoms with Crippen LogP contribution in [0.2, 0.25) is 0 Å². The maximum atomic E-state index is 10.7. The van der Waals surface area contributed by atoms with Crippen LogP contribution in [0, 0.1) is 22.7 Å². The molecular formula is C30H31N3O2. The van der Waals surface area contributed by atoms with Gasteiger partial charge in [-0.2, -0.15) is 10.5 Å². The van der Waals surface area contributed by atoms with Crippen molar-refractivity contribution >= 4 is 22.9 Å². The highest BCUT2D eigenvalue weighted by Gasteiger charge is 2.16. The second-order valence-corrected chi connectivity index (χ2v) is 8.79. The summed E-state index contributed by atoms with van der Waals surface area (Å²) in [5.74, 6) is 0.153. The molecule has 0 unspecified atom stereocenters. The van der Waals surface area contributed by atoms with Crippen molar-refractivity contribution in [1.29, 1.82) is 10.5 Å². The largest absolute Gasteiger partial charge is 0.508 e. The van der Waals surface area contributed by atoms with E-state index in [2.05, 4.69) is 37.1 Å². The van der Waals surface area contributed by atoms with Crippen molar-refractivity contribution < 1.29 is 10.2 Å². The highest BCUT2D eigenvalue weighted by atomic mass is 16.3. The zero-order valence-corrected chi connectivity index (χ0v) is 20.2. The first-order valence-electron chi connectivity index (χ1n) is 11.9. The Kier molecular flexibility index (Phi) is 8.68. The van der Waals surface area contributed by atoms with E-state index in [1.165, 1.54) is 0 Å². The standard InChI is InChI=1S/C30H31N3O2/c1-4-5-6-7-14-33(19-28(22(3)34)26-11-8-23(17-31)15-21(26)2)20-29-27-12-9-24(18-32)16-25(27)10-13-30(29)35/h8-13,15-16,34-35H,2-7,14,19-20H2,1H3/b28-26-. The van der Waals surface area contributed by atoms with Crippen LogP contribution in [0.1, 0.15) is 49.3 Å². The highest BCUT2D eigenvalue weighted by molar-refractivity contribution is 5.88. The molecule has 0 radical (unpaired) electrons. The van der Waals surface area contributed by atoms with Crippen molar-refractivity contribution in [3.63, 3.8) is 0 Å². The Hall–Kier alpha value is -4.06. The van der Waals surface area contributed by atoms with Gasteiger partial charge in [0.05, 0.1) is 23.3 Å². The average molecular weight is 466 g/mol. The molecule has 35 heavy (non-hydrogen) atoms. The lowest BCUT2D eigenvalue weighted by Crippen LogP contribution is -2.34. The van der Waals surface area contributed by atoms with Gasteiger partial charge in [-0.3, -0.25) is 4.90 Å². The number of rotatable bonds is 10. The van der Waals surface area contributed by atoms with Crippen molar-refractivity contribution in [3.8, 4) is 17.9 Å². The topological polar surface area (TPSA) is 91.3 Å². The number of aliphatic hydroxyl groups is 1. The van der Waals surface area contributed by atoms with E-state index in [4.69, 9.17) is 0 Å². The zero-order valence-electron chi connectivity index (χ0n) is 20.2. The van der Waals surface area contributed by atoms with Crippen LogP contribution < -0.4 is 10.4 Å². The summed E-state index contributed by atoms with van der Waals surface area (Å²) in [5.41, 5.74) is 2.50. The fourth-order valence-corrected chi connectivity index (χ4v) is 4.33. The predicted octanol–water partition coefficient (Wildman–Crippen LogP) is 5.00. The summed E-state index contributed by atoms with van der Waals surface area (Å²) < 4.78 is 0. The van der Waals surface area contributed by atoms with Gasteiger partial charge in [0.2, 0.25) is 0 Å². The normalized spacial score (nSPS) is 11.8. The zero-order chi connectivity index (χ0) is 25.4. The monoisotopic (exact) mass is 465 g/mol. The van der Waals surface area contributed by atoms with Crippen LogP contribution in [0.15, 0.2) is 60.9 Å². The number of aromatic hydroxyl groups is 1. The number of phenolic OH excluding ortho intramolecular Hbond substituents is 1. The summed E-state index contributed by atoms with van der Waals surface area (Å²) in [6.07, 6.45) is 4.35. The quantitative estimate of drug-likeness (QED) is 0.325. The van der Waals surface area contributed by atoms with Crippen LogP contribution in [0.4, 0.5) is 0 Å². The third-order valence-electron chi connectivity index (χ3n) is 6.23. The van der Waals surface area contributed by atoms with Crippen LogP contribution in [0.5, 0.6) is 5.75 Å². The molecule has 0 aliphatic carbocycles. The summed E-state index contributed by atoms with van der Waals surface area (Å²) >= 11 is 0. The first kappa shape index (κ1) is 25.6. The van der Waals surface area contributed by atoms with E-state index >= 15 is 0 Å². The van der Waals surface area contributed by atoms with E-state index < -0.39 is 0 Å². The second kappa shape index (κ2) is 11.9. The van der Waals surface area contributed by atoms with E-state index in [0.717, 1.165) is 53.8 Å². The summed E-state index contributed by atoms with van der Waals surface area (Å²) in [6, 6.07) is 18.4. The summed E-state index contributed by atoms with van der Waals surface area (Å²) in [5, 5.41) is 42.9. The second-order valence-electron chi connectivity index (χ2n) is 8.79. The molecule has 0 saturated carbocycles. The number of phenols is 1. The molecule has 0 fully saturated rings. The van der Waals surface area contributed by atoms with Gasteiger partial charge in [0.1, 0.15) is 11.5 Å². The fourth-order valence-electron chi connectivity index (χ4n) is 4.33. The van der Waals surface area contributed by atoms with E-state index in [0.29, 0.717) is 35.0 Å². The molecule has 3 aromatic rings. The first-order valence-corrected chi connectivity index (χ1v) is 11.9. The minimum atomic E-state index is -0.0426. The SMILES string of the molecule is C=C(O)/C(CN(CCCCCC)Cc1c(O)ccc2cc(C#N)ccc12)=c1/ccc(C#N)cc1=C. The van der Waals surface area contributed by atoms with Gasteiger partial charge in [-0.05, 0) is 64.5 Å². The number of hydrogen-bond acceptors (Lipinski definition) is 5. The van der Waals surface area contributed by atoms with Crippen LogP contribution >= 0.6 is 0 Å². The van der Waals surface area contributed by atoms with Crippen molar-refractivity contribution in [3.05, 3.63) is 88.0 Å². The van der Waals surface area contributed by atoms with E-state index in [1.54, 1.807) is 30.3 Å². The number of aliphatic hydroxyl groups excluding tert-OH is 1. The molecule has 0 aromatic heterocycles. The van der Waals surface area contributed by atoms with Crippen LogP contribution in [-0.2, 0) is 6.54 Å². The van der Waals surface area contributed by atoms with Crippen LogP contribution in [0.3, 0.4) is 0 Å². The molecule has 3 aromatic carbocycles. The van der Waals surface area contributed by atoms with Gasteiger partial charge in [-0.25, -0.2) is 0 Å². The molecule has 0 aliphatic rings. The van der Waals surface area contributed by atoms with Gasteiger partial charge in [0.15, 0.2) is 0 Å². The van der Waals surface area contributed by atoms with Crippen molar-refractivity contribution in [2.75, 3.05) is 13.1 Å². The average Bonchev–Trinajstić information content (AvgIpc) is 2.86. The van der Waals surface area contributed by atoms with Crippen molar-refractivity contribution in [2.24, 2.45) is 0 Å². The molecule has 5 heteroatoms. The molecule has 0 aliphatic heterocycles. The van der Waals surface area contributed by atoms with Gasteiger partial charge in [-0.1, -0.05) is 57.5 Å². The van der Waals surface area contributed by atoms with Crippen molar-refractivity contribution in [1.82, 2.24) is 4.90 Å². The molecule has 178 valence electrons. The maximum Gasteiger partial charge on any atom is 0.120 e. The minimum Gasteiger partial charge on any atom is -0.508 e. The first-order chi connectivity index (χ1) is 16.9. The fraction of sp³-hybridized carbons (Fsp3) is 0.267. The lowest BCUT2D eigenvalue weighted by molar-refractivity contribution is 0.282. The van der Waals surface area contributed by atoms with Crippen molar-refractivity contribution in [2.45, 2.75) is 39.2 Å². The third-order valence-corrected chi connectivity index (χ3v) is 6.23. The number of unbranched alkanes of at least 4 members (excludes halogenated alkanes) is 3. The molecule has 0 bridgehead atoms. The highest BCUT2D eigenvalue weighted by Crippen LogP contribution is 2.29. The van der Waals surface area contributed by atoms with Gasteiger partial charge in [0, 0.05) is 24.2 Å². The minimum absolute atomic E-state index is 0.0426. The summed E-state index contributed by atoms with van der Waals surface area (Å²) in [6.45, 7) is 11.7. The molecule has 5 nitrogen and oxygen atoms in total. The Morgan fingerprint density at radius 1 is 0.971 bits per heavy atom. The molecule has 2 N–H and O–H groups in total. The Bertz CT molecular complexity index is 1430. The van der Waals surface area contributed by atoms with E-state index in [1.807, 2.05) is 18.2 Å². The van der Waals surface area contributed by atoms with Crippen LogP contribution in [-0.4, -0.2) is 28.2 Å².